The van der Waals surface area contributed by atoms with Crippen LogP contribution in [-0.2, 0) is 14.3 Å². The number of aromatic amines is 1. The first kappa shape index (κ1) is 13.8. The molecule has 2 aliphatic rings. The quantitative estimate of drug-likeness (QED) is 0.604. The van der Waals surface area contributed by atoms with Gasteiger partial charge in [-0.3, -0.25) is 14.8 Å². The first-order chi connectivity index (χ1) is 8.92. The zero-order chi connectivity index (χ0) is 14.0. The molecule has 3 heterocycles. The Hall–Kier alpha value is -1.60. The van der Waals surface area contributed by atoms with Gasteiger partial charge in [-0.25, -0.2) is 0 Å². The molecule has 7 nitrogen and oxygen atoms in total. The van der Waals surface area contributed by atoms with Crippen molar-refractivity contribution in [3.8, 4) is 0 Å². The van der Waals surface area contributed by atoms with Gasteiger partial charge in [0, 0.05) is 12.6 Å². The van der Waals surface area contributed by atoms with Crippen LogP contribution in [0, 0.1) is 0 Å². The van der Waals surface area contributed by atoms with Crippen LogP contribution in [0.25, 0.3) is 0 Å². The highest BCUT2D eigenvalue weighted by Crippen LogP contribution is 2.45. The summed E-state index contributed by atoms with van der Waals surface area (Å²) >= 11 is 0. The van der Waals surface area contributed by atoms with Crippen molar-refractivity contribution in [2.24, 2.45) is 0 Å². The number of rotatable bonds is 2. The van der Waals surface area contributed by atoms with Crippen LogP contribution in [-0.4, -0.2) is 46.6 Å². The summed E-state index contributed by atoms with van der Waals surface area (Å²) in [6.07, 6.45) is 0.271. The third-order valence-corrected chi connectivity index (χ3v) is 2.82. The maximum Gasteiger partial charge on any atom is 0.293 e. The van der Waals surface area contributed by atoms with Gasteiger partial charge in [0.05, 0.1) is 18.3 Å². The number of nitrogens with one attached hydrogen (secondary N) is 1. The zero-order valence-corrected chi connectivity index (χ0v) is 11.4. The van der Waals surface area contributed by atoms with Gasteiger partial charge >= 0.3 is 0 Å². The third kappa shape index (κ3) is 3.45. The number of hydrogen-bond acceptors (Lipinski definition) is 6. The Morgan fingerprint density at radius 1 is 1.63 bits per heavy atom. The Bertz CT molecular complexity index is 430. The molecule has 2 fully saturated rings. The Labute approximate surface area is 112 Å². The van der Waals surface area contributed by atoms with Gasteiger partial charge in [0.1, 0.15) is 17.6 Å². The minimum atomic E-state index is -0.318. The van der Waals surface area contributed by atoms with Crippen LogP contribution in [0.3, 0.4) is 0 Å². The van der Waals surface area contributed by atoms with Gasteiger partial charge in [0.2, 0.25) is 0 Å². The monoisotopic (exact) mass is 268 g/mol. The number of carbonyl (C=O) groups is 1. The summed E-state index contributed by atoms with van der Waals surface area (Å²) in [5.41, 5.74) is 6.20. The molecule has 2 saturated heterocycles. The predicted octanol–water partition coefficient (Wildman–Crippen LogP) is 0.663. The maximum atomic E-state index is 9.60. The van der Waals surface area contributed by atoms with Crippen LogP contribution in [0.1, 0.15) is 32.5 Å². The average Bonchev–Trinajstić information content (AvgIpc) is 2.67. The molecule has 0 radical (unpaired) electrons. The largest absolute Gasteiger partial charge is 0.462 e. The van der Waals surface area contributed by atoms with Gasteiger partial charge < -0.3 is 15.2 Å². The SMILES string of the molecule is CC(C)(C)OC=O.Nc1cc(C2C3OCCN32)n[nH]1. The molecule has 3 unspecified atom stereocenters. The van der Waals surface area contributed by atoms with Gasteiger partial charge in [-0.1, -0.05) is 0 Å². The molecule has 0 spiro atoms. The average molecular weight is 268 g/mol. The van der Waals surface area contributed by atoms with E-state index in [9.17, 15) is 4.79 Å². The first-order valence-electron chi connectivity index (χ1n) is 6.22. The van der Waals surface area contributed by atoms with Crippen LogP contribution in [0.4, 0.5) is 5.82 Å². The van der Waals surface area contributed by atoms with E-state index in [0.717, 1.165) is 18.8 Å². The Kier molecular flexibility index (Phi) is 3.77. The number of H-pyrrole nitrogens is 1. The smallest absolute Gasteiger partial charge is 0.293 e. The fourth-order valence-electron chi connectivity index (χ4n) is 1.95. The predicted molar refractivity (Wildman–Crippen MR) is 69.1 cm³/mol. The zero-order valence-electron chi connectivity index (χ0n) is 11.4. The number of fused-ring (bicyclic) bond motifs is 1. The lowest BCUT2D eigenvalue weighted by molar-refractivity contribution is -0.138. The second-order valence-electron chi connectivity index (χ2n) is 5.52. The number of hydrogen-bond donors (Lipinski definition) is 2. The Balaban J connectivity index is 0.000000167. The molecule has 3 N–H and O–H groups in total. The molecule has 2 aliphatic heterocycles. The van der Waals surface area contributed by atoms with Crippen LogP contribution in [0.2, 0.25) is 0 Å². The molecular weight excluding hydrogens is 248 g/mol. The highest BCUT2D eigenvalue weighted by atomic mass is 16.5. The molecule has 0 saturated carbocycles. The molecule has 1 aromatic heterocycles. The van der Waals surface area contributed by atoms with E-state index in [1.165, 1.54) is 0 Å². The molecule has 106 valence electrons. The molecule has 1 aromatic rings. The van der Waals surface area contributed by atoms with Crippen LogP contribution >= 0.6 is 0 Å². The van der Waals surface area contributed by atoms with Crippen molar-refractivity contribution in [1.29, 1.82) is 0 Å². The molecule has 3 atom stereocenters. The lowest BCUT2D eigenvalue weighted by atomic mass is 10.2. The van der Waals surface area contributed by atoms with E-state index in [4.69, 9.17) is 10.5 Å². The molecule has 0 aliphatic carbocycles. The highest BCUT2D eigenvalue weighted by Gasteiger charge is 2.54. The summed E-state index contributed by atoms with van der Waals surface area (Å²) in [6.45, 7) is 7.79. The lowest BCUT2D eigenvalue weighted by Crippen LogP contribution is -2.17. The molecule has 7 heteroatoms. The summed E-state index contributed by atoms with van der Waals surface area (Å²) < 4.78 is 9.98. The summed E-state index contributed by atoms with van der Waals surface area (Å²) in [7, 11) is 0. The molecule has 3 rings (SSSR count). The minimum absolute atomic E-state index is 0.271. The summed E-state index contributed by atoms with van der Waals surface area (Å²) in [6, 6.07) is 2.22. The molecule has 19 heavy (non-hydrogen) atoms. The molecule has 0 amide bonds. The van der Waals surface area contributed by atoms with Crippen molar-refractivity contribution in [1.82, 2.24) is 15.1 Å². The highest BCUT2D eigenvalue weighted by molar-refractivity contribution is 5.37. The van der Waals surface area contributed by atoms with Gasteiger partial charge in [-0.05, 0) is 20.8 Å². The van der Waals surface area contributed by atoms with E-state index in [0.29, 0.717) is 18.3 Å². The second kappa shape index (κ2) is 5.18. The molecular formula is C12H20N4O3. The van der Waals surface area contributed by atoms with Crippen molar-refractivity contribution in [2.45, 2.75) is 38.6 Å². The van der Waals surface area contributed by atoms with Crippen molar-refractivity contribution in [3.05, 3.63) is 11.8 Å². The third-order valence-electron chi connectivity index (χ3n) is 2.82. The van der Waals surface area contributed by atoms with Crippen LogP contribution in [0.15, 0.2) is 6.07 Å². The number of nitrogens with zero attached hydrogens (tertiary/aromatic N) is 2. The summed E-state index contributed by atoms with van der Waals surface area (Å²) in [4.78, 5) is 11.9. The Morgan fingerprint density at radius 3 is 2.74 bits per heavy atom. The van der Waals surface area contributed by atoms with Crippen molar-refractivity contribution in [3.63, 3.8) is 0 Å². The van der Waals surface area contributed by atoms with E-state index < -0.39 is 0 Å². The minimum Gasteiger partial charge on any atom is -0.462 e. The fraction of sp³-hybridized carbons (Fsp3) is 0.667. The van der Waals surface area contributed by atoms with E-state index >= 15 is 0 Å². The molecule has 0 aromatic carbocycles. The first-order valence-corrected chi connectivity index (χ1v) is 6.22. The number of nitrogens with two attached hydrogens (primary N) is 1. The van der Waals surface area contributed by atoms with Gasteiger partial charge in [0.15, 0.2) is 0 Å². The van der Waals surface area contributed by atoms with E-state index in [2.05, 4.69) is 19.8 Å². The van der Waals surface area contributed by atoms with E-state index in [1.807, 2.05) is 26.8 Å². The summed E-state index contributed by atoms with van der Waals surface area (Å²) in [5.74, 6) is 0.621. The number of aromatic nitrogens is 2. The molecule has 0 bridgehead atoms. The number of nitrogen functional groups attached to an aromatic ring is 1. The van der Waals surface area contributed by atoms with E-state index in [-0.39, 0.29) is 11.8 Å². The van der Waals surface area contributed by atoms with Crippen molar-refractivity contribution >= 4 is 12.3 Å². The van der Waals surface area contributed by atoms with Crippen molar-refractivity contribution < 1.29 is 14.3 Å². The second-order valence-corrected chi connectivity index (χ2v) is 5.52. The number of carbonyl (C=O) groups excluding carboxylic acids is 1. The van der Waals surface area contributed by atoms with Crippen molar-refractivity contribution in [2.75, 3.05) is 18.9 Å². The number of anilines is 1. The van der Waals surface area contributed by atoms with Crippen LogP contribution < -0.4 is 5.73 Å². The topological polar surface area (TPSA) is 93.2 Å². The lowest BCUT2D eigenvalue weighted by Gasteiger charge is -2.14. The van der Waals surface area contributed by atoms with Gasteiger partial charge in [-0.15, -0.1) is 0 Å². The summed E-state index contributed by atoms with van der Waals surface area (Å²) in [5, 5.41) is 6.81. The standard InChI is InChI=1S/C7H10N4O.C5H10O2/c8-5-3-4(9-10-5)6-7-11(6)1-2-12-7;1-5(2,3)7-4-6/h3,6-7H,1-2H2,(H3,8,9,10);4H,1-3H3. The number of morpholine rings is 1. The fourth-order valence-corrected chi connectivity index (χ4v) is 1.95. The maximum absolute atomic E-state index is 9.60. The van der Waals surface area contributed by atoms with Crippen LogP contribution in [0.5, 0.6) is 0 Å². The van der Waals surface area contributed by atoms with E-state index in [1.54, 1.807) is 0 Å². The van der Waals surface area contributed by atoms with Gasteiger partial charge in [0.25, 0.3) is 6.47 Å². The van der Waals surface area contributed by atoms with Gasteiger partial charge in [-0.2, -0.15) is 5.10 Å². The normalized spacial score (nSPS) is 28.1. The number of ether oxygens (including phenoxy) is 2. The Morgan fingerprint density at radius 2 is 2.37 bits per heavy atom.